The molecule has 224 valence electrons. The van der Waals surface area contributed by atoms with Crippen molar-refractivity contribution < 1.29 is 0 Å². The number of benzene rings is 2. The molecular weight excluding hydrogens is 582 g/mol. The Kier molecular flexibility index (Phi) is 14.9. The van der Waals surface area contributed by atoms with Crippen molar-refractivity contribution in [3.8, 4) is 0 Å². The summed E-state index contributed by atoms with van der Waals surface area (Å²) in [6, 6.07) is 13.3. The van der Waals surface area contributed by atoms with Gasteiger partial charge in [0.05, 0.1) is 20.1 Å². The minimum Gasteiger partial charge on any atom is -0.329 e. The van der Waals surface area contributed by atoms with Gasteiger partial charge in [0.2, 0.25) is 0 Å². The molecule has 1 aliphatic rings. The summed E-state index contributed by atoms with van der Waals surface area (Å²) in [4.78, 5) is 5.53. The van der Waals surface area contributed by atoms with E-state index in [-0.39, 0.29) is 6.04 Å². The molecule has 0 radical (unpaired) electrons. The Morgan fingerprint density at radius 2 is 1.27 bits per heavy atom. The lowest BCUT2D eigenvalue weighted by molar-refractivity contribution is 0.0143. The third-order valence-corrected chi connectivity index (χ3v) is 9.60. The lowest BCUT2D eigenvalue weighted by Crippen LogP contribution is -2.58. The summed E-state index contributed by atoms with van der Waals surface area (Å²) >= 11 is 24.8. The molecule has 1 fully saturated rings. The van der Waals surface area contributed by atoms with Crippen LogP contribution in [0.4, 0.5) is 0 Å². The van der Waals surface area contributed by atoms with Crippen LogP contribution in [0.15, 0.2) is 36.4 Å². The van der Waals surface area contributed by atoms with Gasteiger partial charge in [-0.15, -0.1) is 0 Å². The Morgan fingerprint density at radius 1 is 0.750 bits per heavy atom. The van der Waals surface area contributed by atoms with Crippen molar-refractivity contribution in [1.82, 2.24) is 9.80 Å². The molecule has 8 heteroatoms. The number of hydrogen-bond acceptors (Lipinski definition) is 4. The molecule has 1 saturated heterocycles. The van der Waals surface area contributed by atoms with Crippen LogP contribution in [0.3, 0.4) is 0 Å². The smallest absolute Gasteiger partial charge is 0.0595 e. The highest BCUT2D eigenvalue weighted by Crippen LogP contribution is 2.27. The van der Waals surface area contributed by atoms with Crippen LogP contribution >= 0.6 is 46.4 Å². The van der Waals surface area contributed by atoms with Crippen molar-refractivity contribution >= 4 is 46.4 Å². The van der Waals surface area contributed by atoms with Crippen LogP contribution in [0.5, 0.6) is 0 Å². The molecule has 0 bridgehead atoms. The second-order valence-corrected chi connectivity index (χ2v) is 13.5. The molecule has 40 heavy (non-hydrogen) atoms. The van der Waals surface area contributed by atoms with E-state index >= 15 is 0 Å². The molecule has 3 atom stereocenters. The molecule has 4 nitrogen and oxygen atoms in total. The Hall–Kier alpha value is -0.560. The largest absolute Gasteiger partial charge is 0.329 e. The molecule has 0 amide bonds. The Morgan fingerprint density at radius 3 is 1.77 bits per heavy atom. The fourth-order valence-electron chi connectivity index (χ4n) is 5.93. The maximum absolute atomic E-state index is 6.27. The number of unbranched alkanes of at least 4 members (excludes halogenated alkanes) is 1. The third-order valence-electron chi connectivity index (χ3n) is 8.12. The van der Waals surface area contributed by atoms with Gasteiger partial charge in [-0.25, -0.2) is 0 Å². The second-order valence-electron chi connectivity index (χ2n) is 11.9. The van der Waals surface area contributed by atoms with E-state index in [1.54, 1.807) is 0 Å². The standard InChI is InChI=1S/C32H48Cl4N4/c1-23(2)17-28-22-39(15-5-7-24-11-13-29(33)31(35)18-24)27(10-4-3-9-26(38)20-37)21-40(28)16-6-8-25-12-14-30(34)32(36)19-25/h11-14,18-19,23,26-28H,3-10,15-17,20-22,37-38H2,1-2H3/t26?,27-,28+/m0/s1. The number of nitrogens with zero attached hydrogens (tertiary/aromatic N) is 2. The molecule has 2 aromatic rings. The Labute approximate surface area is 262 Å². The van der Waals surface area contributed by atoms with E-state index in [2.05, 4.69) is 35.8 Å². The molecule has 0 aliphatic carbocycles. The van der Waals surface area contributed by atoms with E-state index in [1.165, 1.54) is 30.4 Å². The van der Waals surface area contributed by atoms with Gasteiger partial charge in [-0.05, 0) is 99.3 Å². The Balaban J connectivity index is 1.63. The highest BCUT2D eigenvalue weighted by atomic mass is 35.5. The van der Waals surface area contributed by atoms with Crippen LogP contribution in [0, 0.1) is 5.92 Å². The van der Waals surface area contributed by atoms with Crippen molar-refractivity contribution in [3.05, 3.63) is 67.6 Å². The summed E-state index contributed by atoms with van der Waals surface area (Å²) in [6.07, 6.45) is 9.98. The van der Waals surface area contributed by atoms with E-state index in [4.69, 9.17) is 57.9 Å². The van der Waals surface area contributed by atoms with Crippen LogP contribution in [-0.2, 0) is 12.8 Å². The molecule has 4 N–H and O–H groups in total. The average Bonchev–Trinajstić information content (AvgIpc) is 2.91. The van der Waals surface area contributed by atoms with Gasteiger partial charge in [0, 0.05) is 37.8 Å². The minimum absolute atomic E-state index is 0.113. The first-order chi connectivity index (χ1) is 19.2. The zero-order valence-corrected chi connectivity index (χ0v) is 27.3. The summed E-state index contributed by atoms with van der Waals surface area (Å²) in [7, 11) is 0. The van der Waals surface area contributed by atoms with E-state index in [9.17, 15) is 0 Å². The number of halogens is 4. The molecule has 3 rings (SSSR count). The lowest BCUT2D eigenvalue weighted by Gasteiger charge is -2.47. The fourth-order valence-corrected chi connectivity index (χ4v) is 6.57. The first-order valence-corrected chi connectivity index (χ1v) is 16.5. The second kappa shape index (κ2) is 17.5. The first-order valence-electron chi connectivity index (χ1n) is 15.0. The predicted molar refractivity (Wildman–Crippen MR) is 175 cm³/mol. The molecule has 1 unspecified atom stereocenters. The van der Waals surface area contributed by atoms with E-state index in [0.29, 0.717) is 44.6 Å². The van der Waals surface area contributed by atoms with Crippen LogP contribution in [0.25, 0.3) is 0 Å². The van der Waals surface area contributed by atoms with Crippen LogP contribution in [0.1, 0.15) is 69.9 Å². The van der Waals surface area contributed by atoms with Crippen molar-refractivity contribution in [2.24, 2.45) is 17.4 Å². The van der Waals surface area contributed by atoms with Crippen molar-refractivity contribution in [1.29, 1.82) is 0 Å². The topological polar surface area (TPSA) is 58.5 Å². The fraction of sp³-hybridized carbons (Fsp3) is 0.625. The van der Waals surface area contributed by atoms with E-state index in [1.807, 2.05) is 24.3 Å². The summed E-state index contributed by atoms with van der Waals surface area (Å²) in [5.41, 5.74) is 14.3. The number of piperazine rings is 1. The maximum Gasteiger partial charge on any atom is 0.0595 e. The molecular formula is C32H48Cl4N4. The third kappa shape index (κ3) is 11.3. The summed E-state index contributed by atoms with van der Waals surface area (Å²) in [6.45, 7) is 9.69. The zero-order chi connectivity index (χ0) is 29.1. The monoisotopic (exact) mass is 628 g/mol. The normalized spacial score (nSPS) is 19.4. The molecule has 0 spiro atoms. The number of hydrogen-bond donors (Lipinski definition) is 2. The summed E-state index contributed by atoms with van der Waals surface area (Å²) in [5.74, 6) is 0.662. The van der Waals surface area contributed by atoms with Crippen LogP contribution < -0.4 is 11.5 Å². The van der Waals surface area contributed by atoms with Gasteiger partial charge < -0.3 is 11.5 Å². The van der Waals surface area contributed by atoms with Crippen LogP contribution in [-0.4, -0.2) is 60.6 Å². The van der Waals surface area contributed by atoms with Gasteiger partial charge in [0.1, 0.15) is 0 Å². The molecule has 2 aromatic carbocycles. The molecule has 0 saturated carbocycles. The number of rotatable bonds is 16. The minimum atomic E-state index is 0.113. The predicted octanol–water partition coefficient (Wildman–Crippen LogP) is 8.11. The molecule has 1 heterocycles. The van der Waals surface area contributed by atoms with Gasteiger partial charge in [-0.2, -0.15) is 0 Å². The highest BCUT2D eigenvalue weighted by molar-refractivity contribution is 6.42. The van der Waals surface area contributed by atoms with Gasteiger partial charge >= 0.3 is 0 Å². The molecule has 0 aromatic heterocycles. The number of nitrogens with two attached hydrogens (primary N) is 2. The Bertz CT molecular complexity index is 1030. The van der Waals surface area contributed by atoms with Crippen molar-refractivity contribution in [2.45, 2.75) is 89.8 Å². The van der Waals surface area contributed by atoms with E-state index in [0.717, 1.165) is 64.7 Å². The quantitative estimate of drug-likeness (QED) is 0.184. The summed E-state index contributed by atoms with van der Waals surface area (Å²) in [5, 5.41) is 2.51. The first kappa shape index (κ1) is 33.9. The zero-order valence-electron chi connectivity index (χ0n) is 24.2. The van der Waals surface area contributed by atoms with Gasteiger partial charge in [0.25, 0.3) is 0 Å². The molecule has 1 aliphatic heterocycles. The SMILES string of the molecule is CC(C)C[C@@H]1CN(CCCc2ccc(Cl)c(Cl)c2)[C@@H](CCCCC(N)CN)CN1CCCc1ccc(Cl)c(Cl)c1. The lowest BCUT2D eigenvalue weighted by atomic mass is 9.94. The van der Waals surface area contributed by atoms with Gasteiger partial charge in [-0.3, -0.25) is 9.80 Å². The van der Waals surface area contributed by atoms with Gasteiger partial charge in [-0.1, -0.05) is 85.2 Å². The van der Waals surface area contributed by atoms with Gasteiger partial charge in [0.15, 0.2) is 0 Å². The number of aryl methyl sites for hydroxylation is 2. The van der Waals surface area contributed by atoms with Crippen LogP contribution in [0.2, 0.25) is 20.1 Å². The highest BCUT2D eigenvalue weighted by Gasteiger charge is 2.33. The average molecular weight is 631 g/mol. The van der Waals surface area contributed by atoms with Crippen molar-refractivity contribution in [3.63, 3.8) is 0 Å². The summed E-state index contributed by atoms with van der Waals surface area (Å²) < 4.78 is 0. The van der Waals surface area contributed by atoms with Crippen molar-refractivity contribution in [2.75, 3.05) is 32.7 Å². The van der Waals surface area contributed by atoms with E-state index < -0.39 is 0 Å². The maximum atomic E-state index is 6.27.